The van der Waals surface area contributed by atoms with E-state index < -0.39 is 5.54 Å². The molecule has 1 aromatic rings. The van der Waals surface area contributed by atoms with Gasteiger partial charge in [-0.1, -0.05) is 26.0 Å². The number of rotatable bonds is 4. The van der Waals surface area contributed by atoms with Gasteiger partial charge in [0, 0.05) is 0 Å². The van der Waals surface area contributed by atoms with Crippen LogP contribution in [0.5, 0.6) is 0 Å². The van der Waals surface area contributed by atoms with Crippen LogP contribution in [-0.4, -0.2) is 11.4 Å². The van der Waals surface area contributed by atoms with Crippen LogP contribution in [0.1, 0.15) is 26.3 Å². The minimum atomic E-state index is -0.898. The molecule has 0 unspecified atom stereocenters. The number of carbonyl (C=O) groups is 1. The van der Waals surface area contributed by atoms with Crippen LogP contribution in [-0.2, 0) is 11.2 Å². The van der Waals surface area contributed by atoms with Gasteiger partial charge in [-0.25, -0.2) is 4.39 Å². The number of nitriles is 1. The number of hydrogen-bond acceptors (Lipinski definition) is 2. The quantitative estimate of drug-likeness (QED) is 0.889. The first kappa shape index (κ1) is 14.2. The van der Waals surface area contributed by atoms with E-state index in [9.17, 15) is 9.18 Å². The van der Waals surface area contributed by atoms with Crippen LogP contribution >= 0.6 is 0 Å². The van der Waals surface area contributed by atoms with Gasteiger partial charge in [0.25, 0.3) is 0 Å². The van der Waals surface area contributed by atoms with Crippen LogP contribution < -0.4 is 5.32 Å². The van der Waals surface area contributed by atoms with Crippen molar-refractivity contribution in [2.24, 2.45) is 5.92 Å². The van der Waals surface area contributed by atoms with Gasteiger partial charge in [0.05, 0.1) is 12.5 Å². The summed E-state index contributed by atoms with van der Waals surface area (Å²) in [4.78, 5) is 11.8. The van der Waals surface area contributed by atoms with Crippen molar-refractivity contribution in [1.29, 1.82) is 5.26 Å². The monoisotopic (exact) mass is 248 g/mol. The van der Waals surface area contributed by atoms with Gasteiger partial charge in [0.2, 0.25) is 5.91 Å². The number of nitrogens with zero attached hydrogens (tertiary/aromatic N) is 1. The van der Waals surface area contributed by atoms with Crippen LogP contribution in [0.25, 0.3) is 0 Å². The summed E-state index contributed by atoms with van der Waals surface area (Å²) in [6.45, 7) is 5.42. The molecule has 1 amide bonds. The zero-order valence-corrected chi connectivity index (χ0v) is 10.8. The van der Waals surface area contributed by atoms with Crippen molar-refractivity contribution in [2.45, 2.75) is 32.7 Å². The van der Waals surface area contributed by atoms with Crippen LogP contribution in [0.4, 0.5) is 4.39 Å². The molecular formula is C14H17FN2O. The summed E-state index contributed by atoms with van der Waals surface area (Å²) >= 11 is 0. The van der Waals surface area contributed by atoms with Gasteiger partial charge in [0.1, 0.15) is 11.4 Å². The molecule has 0 bridgehead atoms. The standard InChI is InChI=1S/C14H17FN2O/c1-10(2)14(3,9-16)17-13(18)8-11-5-4-6-12(15)7-11/h4-7,10H,8H2,1-3H3,(H,17,18)/t14-/m0/s1. The van der Waals surface area contributed by atoms with Crippen molar-refractivity contribution >= 4 is 5.91 Å². The lowest BCUT2D eigenvalue weighted by Gasteiger charge is -2.27. The molecule has 3 nitrogen and oxygen atoms in total. The minimum absolute atomic E-state index is 0.000963. The third-order valence-corrected chi connectivity index (χ3v) is 3.04. The lowest BCUT2D eigenvalue weighted by Crippen LogP contribution is -2.49. The van der Waals surface area contributed by atoms with Gasteiger partial charge < -0.3 is 5.32 Å². The summed E-state index contributed by atoms with van der Waals surface area (Å²) in [5.41, 5.74) is -0.304. The van der Waals surface area contributed by atoms with E-state index in [1.807, 2.05) is 13.8 Å². The molecule has 1 N–H and O–H groups in total. The highest BCUT2D eigenvalue weighted by Gasteiger charge is 2.29. The van der Waals surface area contributed by atoms with E-state index in [4.69, 9.17) is 5.26 Å². The van der Waals surface area contributed by atoms with Crippen molar-refractivity contribution < 1.29 is 9.18 Å². The predicted molar refractivity (Wildman–Crippen MR) is 67.1 cm³/mol. The summed E-state index contributed by atoms with van der Waals surface area (Å²) in [5.74, 6) is -0.649. The lowest BCUT2D eigenvalue weighted by atomic mass is 9.90. The number of nitrogens with one attached hydrogen (secondary N) is 1. The summed E-state index contributed by atoms with van der Waals surface area (Å²) in [6.07, 6.45) is 0.0712. The Morgan fingerprint density at radius 1 is 1.56 bits per heavy atom. The molecule has 96 valence electrons. The Balaban J connectivity index is 2.71. The fraction of sp³-hybridized carbons (Fsp3) is 0.429. The topological polar surface area (TPSA) is 52.9 Å². The molecule has 0 aliphatic rings. The van der Waals surface area contributed by atoms with Crippen molar-refractivity contribution in [2.75, 3.05) is 0 Å². The highest BCUT2D eigenvalue weighted by molar-refractivity contribution is 5.79. The van der Waals surface area contributed by atoms with E-state index in [1.165, 1.54) is 12.1 Å². The zero-order chi connectivity index (χ0) is 13.8. The number of hydrogen-bond donors (Lipinski definition) is 1. The molecule has 0 fully saturated rings. The van der Waals surface area contributed by atoms with E-state index in [2.05, 4.69) is 11.4 Å². The number of benzene rings is 1. The Kier molecular flexibility index (Phi) is 4.43. The maximum atomic E-state index is 13.0. The van der Waals surface area contributed by atoms with Crippen molar-refractivity contribution in [3.63, 3.8) is 0 Å². The van der Waals surface area contributed by atoms with Crippen molar-refractivity contribution in [3.05, 3.63) is 35.6 Å². The smallest absolute Gasteiger partial charge is 0.225 e. The Morgan fingerprint density at radius 3 is 2.72 bits per heavy atom. The fourth-order valence-electron chi connectivity index (χ4n) is 1.47. The first-order valence-corrected chi connectivity index (χ1v) is 5.84. The van der Waals surface area contributed by atoms with Crippen LogP contribution in [0, 0.1) is 23.1 Å². The van der Waals surface area contributed by atoms with Crippen LogP contribution in [0.15, 0.2) is 24.3 Å². The third kappa shape index (κ3) is 3.56. The molecule has 0 radical (unpaired) electrons. The summed E-state index contributed by atoms with van der Waals surface area (Å²) in [5, 5.41) is 11.8. The fourth-order valence-corrected chi connectivity index (χ4v) is 1.47. The van der Waals surface area contributed by atoms with E-state index in [-0.39, 0.29) is 24.1 Å². The SMILES string of the molecule is CC(C)[C@](C)(C#N)NC(=O)Cc1cccc(F)c1. The molecule has 1 aromatic carbocycles. The average molecular weight is 248 g/mol. The van der Waals surface area contributed by atoms with Gasteiger partial charge in [-0.05, 0) is 30.5 Å². The number of amides is 1. The maximum Gasteiger partial charge on any atom is 0.225 e. The summed E-state index contributed by atoms with van der Waals surface area (Å²) in [6, 6.07) is 7.99. The Morgan fingerprint density at radius 2 is 2.22 bits per heavy atom. The van der Waals surface area contributed by atoms with Gasteiger partial charge in [-0.2, -0.15) is 5.26 Å². The second-order valence-corrected chi connectivity index (χ2v) is 4.82. The largest absolute Gasteiger partial charge is 0.338 e. The van der Waals surface area contributed by atoms with Crippen LogP contribution in [0.2, 0.25) is 0 Å². The molecule has 1 rings (SSSR count). The minimum Gasteiger partial charge on any atom is -0.338 e. The van der Waals surface area contributed by atoms with Gasteiger partial charge >= 0.3 is 0 Å². The molecule has 18 heavy (non-hydrogen) atoms. The van der Waals surface area contributed by atoms with Gasteiger partial charge in [-0.15, -0.1) is 0 Å². The first-order valence-electron chi connectivity index (χ1n) is 5.84. The van der Waals surface area contributed by atoms with Crippen LogP contribution in [0.3, 0.4) is 0 Å². The molecule has 4 heteroatoms. The number of carbonyl (C=O) groups excluding carboxylic acids is 1. The highest BCUT2D eigenvalue weighted by atomic mass is 19.1. The lowest BCUT2D eigenvalue weighted by molar-refractivity contribution is -0.122. The van der Waals surface area contributed by atoms with Gasteiger partial charge in [0.15, 0.2) is 0 Å². The Hall–Kier alpha value is -1.89. The normalized spacial score (nSPS) is 13.8. The molecule has 0 saturated heterocycles. The molecule has 0 aromatic heterocycles. The Bertz CT molecular complexity index is 479. The van der Waals surface area contributed by atoms with Gasteiger partial charge in [-0.3, -0.25) is 4.79 Å². The average Bonchev–Trinajstić information content (AvgIpc) is 2.28. The molecule has 0 aliphatic heterocycles. The Labute approximate surface area is 107 Å². The molecule has 0 saturated carbocycles. The van der Waals surface area contributed by atoms with Crippen molar-refractivity contribution in [1.82, 2.24) is 5.32 Å². The second-order valence-electron chi connectivity index (χ2n) is 4.82. The molecule has 0 heterocycles. The third-order valence-electron chi connectivity index (χ3n) is 3.04. The van der Waals surface area contributed by atoms with E-state index in [1.54, 1.807) is 19.1 Å². The van der Waals surface area contributed by atoms with E-state index >= 15 is 0 Å². The van der Waals surface area contributed by atoms with E-state index in [0.29, 0.717) is 5.56 Å². The second kappa shape index (κ2) is 5.63. The summed E-state index contributed by atoms with van der Waals surface area (Å²) < 4.78 is 13.0. The zero-order valence-electron chi connectivity index (χ0n) is 10.8. The molecule has 1 atom stereocenters. The maximum absolute atomic E-state index is 13.0. The first-order chi connectivity index (χ1) is 8.37. The molecular weight excluding hydrogens is 231 g/mol. The van der Waals surface area contributed by atoms with Crippen molar-refractivity contribution in [3.8, 4) is 6.07 Å². The summed E-state index contributed by atoms with van der Waals surface area (Å²) in [7, 11) is 0. The molecule has 0 aliphatic carbocycles. The predicted octanol–water partition coefficient (Wildman–Crippen LogP) is 2.42. The highest BCUT2D eigenvalue weighted by Crippen LogP contribution is 2.15. The number of halogens is 1. The molecule has 0 spiro atoms. The van der Waals surface area contributed by atoms with E-state index in [0.717, 1.165) is 0 Å².